The normalized spacial score (nSPS) is 23.1. The predicted molar refractivity (Wildman–Crippen MR) is 77.7 cm³/mol. The highest BCUT2D eigenvalue weighted by Crippen LogP contribution is 2.13. The smallest absolute Gasteiger partial charge is 0.0120 e. The van der Waals surface area contributed by atoms with Gasteiger partial charge in [-0.25, -0.2) is 0 Å². The summed E-state index contributed by atoms with van der Waals surface area (Å²) in [5.41, 5.74) is 0. The predicted octanol–water partition coefficient (Wildman–Crippen LogP) is 2.04. The van der Waals surface area contributed by atoms with Crippen LogP contribution in [0.5, 0.6) is 0 Å². The molecule has 0 unspecified atom stereocenters. The summed E-state index contributed by atoms with van der Waals surface area (Å²) in [5.74, 6) is 0. The van der Waals surface area contributed by atoms with Gasteiger partial charge >= 0.3 is 0 Å². The molecule has 1 N–H and O–H groups in total. The number of nitrogens with one attached hydrogen (secondary N) is 1. The van der Waals surface area contributed by atoms with Crippen LogP contribution >= 0.6 is 0 Å². The molecule has 2 aliphatic rings. The Morgan fingerprint density at radius 2 is 1.29 bits per heavy atom. The van der Waals surface area contributed by atoms with E-state index < -0.39 is 0 Å². The molecule has 0 spiro atoms. The molecule has 104 valence electrons. The molecule has 17 heavy (non-hydrogen) atoms. The molecule has 0 atom stereocenters. The summed E-state index contributed by atoms with van der Waals surface area (Å²) in [6.45, 7) is 15.5. The van der Waals surface area contributed by atoms with Crippen LogP contribution in [0.1, 0.15) is 40.5 Å². The number of piperazine rings is 1. The first kappa shape index (κ1) is 16.9. The second-order valence-electron chi connectivity index (χ2n) is 4.32. The summed E-state index contributed by atoms with van der Waals surface area (Å²) in [4.78, 5) is 5.11. The molecule has 0 aliphatic carbocycles. The van der Waals surface area contributed by atoms with Gasteiger partial charge in [0.05, 0.1) is 0 Å². The van der Waals surface area contributed by atoms with Crippen LogP contribution in [0.25, 0.3) is 0 Å². The maximum Gasteiger partial charge on any atom is 0.0120 e. The Labute approximate surface area is 109 Å². The zero-order chi connectivity index (χ0) is 13.1. The number of hydrogen-bond donors (Lipinski definition) is 1. The van der Waals surface area contributed by atoms with Crippen LogP contribution in [0.15, 0.2) is 0 Å². The number of likely N-dealkylation sites (N-methyl/N-ethyl adjacent to an activating group) is 1. The van der Waals surface area contributed by atoms with E-state index in [9.17, 15) is 0 Å². The second kappa shape index (κ2) is 11.0. The maximum atomic E-state index is 3.43. The van der Waals surface area contributed by atoms with Crippen molar-refractivity contribution in [3.63, 3.8) is 0 Å². The van der Waals surface area contributed by atoms with E-state index in [1.54, 1.807) is 0 Å². The van der Waals surface area contributed by atoms with Crippen molar-refractivity contribution in [3.8, 4) is 0 Å². The van der Waals surface area contributed by atoms with E-state index in [0.29, 0.717) is 0 Å². The molecule has 0 bridgehead atoms. The lowest BCUT2D eigenvalue weighted by Crippen LogP contribution is -2.51. The molecule has 0 radical (unpaired) electrons. The van der Waals surface area contributed by atoms with E-state index >= 15 is 0 Å². The summed E-state index contributed by atoms with van der Waals surface area (Å²) in [6, 6.07) is 0.870. The first-order valence-electron chi connectivity index (χ1n) is 7.49. The van der Waals surface area contributed by atoms with Gasteiger partial charge in [0.25, 0.3) is 0 Å². The summed E-state index contributed by atoms with van der Waals surface area (Å²) in [5, 5.41) is 3.43. The topological polar surface area (TPSA) is 18.5 Å². The molecular weight excluding hydrogens is 210 g/mol. The van der Waals surface area contributed by atoms with Gasteiger partial charge in [0.15, 0.2) is 0 Å². The fourth-order valence-corrected chi connectivity index (χ4v) is 2.36. The van der Waals surface area contributed by atoms with Gasteiger partial charge in [-0.3, -0.25) is 4.90 Å². The largest absolute Gasteiger partial charge is 0.317 e. The minimum atomic E-state index is 0.870. The molecule has 3 heteroatoms. The SMILES string of the molecule is CC.CC.CN1CCN(C2CCNCC2)CC1. The molecule has 2 heterocycles. The molecule has 0 saturated carbocycles. The highest BCUT2D eigenvalue weighted by atomic mass is 15.3. The van der Waals surface area contributed by atoms with Crippen LogP contribution in [-0.4, -0.2) is 62.2 Å². The molecule has 3 nitrogen and oxygen atoms in total. The van der Waals surface area contributed by atoms with Crippen molar-refractivity contribution in [2.45, 2.75) is 46.6 Å². The lowest BCUT2D eigenvalue weighted by molar-refractivity contribution is 0.0948. The highest BCUT2D eigenvalue weighted by molar-refractivity contribution is 4.81. The second-order valence-corrected chi connectivity index (χ2v) is 4.32. The average molecular weight is 243 g/mol. The molecule has 2 fully saturated rings. The van der Waals surface area contributed by atoms with Crippen LogP contribution < -0.4 is 5.32 Å². The molecule has 2 rings (SSSR count). The Morgan fingerprint density at radius 3 is 1.76 bits per heavy atom. The average Bonchev–Trinajstić information content (AvgIpc) is 2.45. The van der Waals surface area contributed by atoms with Crippen molar-refractivity contribution in [1.29, 1.82) is 0 Å². The third-order valence-corrected chi connectivity index (χ3v) is 3.36. The quantitative estimate of drug-likeness (QED) is 0.760. The van der Waals surface area contributed by atoms with E-state index in [1.807, 2.05) is 27.7 Å². The third kappa shape index (κ3) is 6.39. The van der Waals surface area contributed by atoms with Crippen molar-refractivity contribution in [1.82, 2.24) is 15.1 Å². The summed E-state index contributed by atoms with van der Waals surface area (Å²) in [7, 11) is 2.22. The van der Waals surface area contributed by atoms with E-state index in [0.717, 1.165) is 6.04 Å². The van der Waals surface area contributed by atoms with Crippen molar-refractivity contribution in [3.05, 3.63) is 0 Å². The molecule has 0 aromatic rings. The monoisotopic (exact) mass is 243 g/mol. The minimum absolute atomic E-state index is 0.870. The van der Waals surface area contributed by atoms with Crippen LogP contribution in [0.3, 0.4) is 0 Å². The van der Waals surface area contributed by atoms with E-state index in [1.165, 1.54) is 52.1 Å². The van der Waals surface area contributed by atoms with Crippen molar-refractivity contribution in [2.24, 2.45) is 0 Å². The van der Waals surface area contributed by atoms with Crippen molar-refractivity contribution < 1.29 is 0 Å². The summed E-state index contributed by atoms with van der Waals surface area (Å²) < 4.78 is 0. The van der Waals surface area contributed by atoms with Crippen LogP contribution in [0, 0.1) is 0 Å². The van der Waals surface area contributed by atoms with Crippen LogP contribution in [0.4, 0.5) is 0 Å². The van der Waals surface area contributed by atoms with Gasteiger partial charge in [0, 0.05) is 32.2 Å². The van der Waals surface area contributed by atoms with Gasteiger partial charge in [-0.2, -0.15) is 0 Å². The van der Waals surface area contributed by atoms with Gasteiger partial charge in [0.1, 0.15) is 0 Å². The van der Waals surface area contributed by atoms with Crippen LogP contribution in [-0.2, 0) is 0 Å². The third-order valence-electron chi connectivity index (χ3n) is 3.36. The molecule has 0 aromatic heterocycles. The molecule has 2 aliphatic heterocycles. The van der Waals surface area contributed by atoms with Crippen molar-refractivity contribution in [2.75, 3.05) is 46.3 Å². The van der Waals surface area contributed by atoms with Crippen LogP contribution in [0.2, 0.25) is 0 Å². The maximum absolute atomic E-state index is 3.43. The Balaban J connectivity index is 0.000000581. The first-order chi connectivity index (χ1) is 8.36. The van der Waals surface area contributed by atoms with Gasteiger partial charge < -0.3 is 10.2 Å². The Bertz CT molecular complexity index is 148. The van der Waals surface area contributed by atoms with E-state index in [4.69, 9.17) is 0 Å². The number of piperidine rings is 1. The molecular formula is C14H33N3. The zero-order valence-corrected chi connectivity index (χ0v) is 12.6. The fraction of sp³-hybridized carbons (Fsp3) is 1.00. The number of nitrogens with zero attached hydrogens (tertiary/aromatic N) is 2. The standard InChI is InChI=1S/C10H21N3.2C2H6/c1-12-6-8-13(9-7-12)10-2-4-11-5-3-10;2*1-2/h10-11H,2-9H2,1H3;2*1-2H3. The Hall–Kier alpha value is -0.120. The zero-order valence-electron chi connectivity index (χ0n) is 12.6. The lowest BCUT2D eigenvalue weighted by atomic mass is 10.0. The number of hydrogen-bond acceptors (Lipinski definition) is 3. The Kier molecular flexibility index (Phi) is 10.9. The Morgan fingerprint density at radius 1 is 0.824 bits per heavy atom. The highest BCUT2D eigenvalue weighted by Gasteiger charge is 2.23. The first-order valence-corrected chi connectivity index (χ1v) is 7.49. The molecule has 0 amide bonds. The van der Waals surface area contributed by atoms with Gasteiger partial charge in [-0.15, -0.1) is 0 Å². The fourth-order valence-electron chi connectivity index (χ4n) is 2.36. The van der Waals surface area contributed by atoms with Gasteiger partial charge in [-0.1, -0.05) is 27.7 Å². The van der Waals surface area contributed by atoms with Gasteiger partial charge in [-0.05, 0) is 33.0 Å². The van der Waals surface area contributed by atoms with E-state index in [-0.39, 0.29) is 0 Å². The number of rotatable bonds is 1. The van der Waals surface area contributed by atoms with Crippen molar-refractivity contribution >= 4 is 0 Å². The summed E-state index contributed by atoms with van der Waals surface area (Å²) in [6.07, 6.45) is 2.70. The lowest BCUT2D eigenvalue weighted by Gasteiger charge is -2.39. The van der Waals surface area contributed by atoms with Gasteiger partial charge in [0.2, 0.25) is 0 Å². The molecule has 2 saturated heterocycles. The summed E-state index contributed by atoms with van der Waals surface area (Å²) >= 11 is 0. The molecule has 0 aromatic carbocycles. The minimum Gasteiger partial charge on any atom is -0.317 e. The van der Waals surface area contributed by atoms with E-state index in [2.05, 4.69) is 22.2 Å².